The van der Waals surface area contributed by atoms with Crippen molar-refractivity contribution in [2.24, 2.45) is 5.73 Å². The first-order valence-electron chi connectivity index (χ1n) is 5.88. The minimum Gasteiger partial charge on any atom is -0.399 e. The van der Waals surface area contributed by atoms with Gasteiger partial charge in [0.25, 0.3) is 0 Å². The zero-order valence-electron chi connectivity index (χ0n) is 9.99. The van der Waals surface area contributed by atoms with E-state index in [4.69, 9.17) is 11.5 Å². The van der Waals surface area contributed by atoms with Crippen molar-refractivity contribution in [3.05, 3.63) is 29.8 Å². The van der Waals surface area contributed by atoms with Crippen LogP contribution in [0.4, 0.5) is 5.69 Å². The van der Waals surface area contributed by atoms with Crippen molar-refractivity contribution in [1.29, 1.82) is 0 Å². The Labute approximate surface area is 103 Å². The highest BCUT2D eigenvalue weighted by Gasteiger charge is 2.00. The highest BCUT2D eigenvalue weighted by atomic mass is 32.2. The van der Waals surface area contributed by atoms with Gasteiger partial charge in [0.2, 0.25) is 0 Å². The first-order chi connectivity index (χ1) is 7.72. The molecule has 0 aromatic heterocycles. The lowest BCUT2D eigenvalue weighted by Gasteiger charge is -2.09. The van der Waals surface area contributed by atoms with Gasteiger partial charge in [-0.25, -0.2) is 0 Å². The molecule has 0 saturated heterocycles. The molecule has 0 heterocycles. The van der Waals surface area contributed by atoms with Crippen molar-refractivity contribution in [1.82, 2.24) is 0 Å². The molecule has 0 aliphatic heterocycles. The first kappa shape index (κ1) is 13.4. The molecule has 3 heteroatoms. The summed E-state index contributed by atoms with van der Waals surface area (Å²) in [6.07, 6.45) is 3.48. The summed E-state index contributed by atoms with van der Waals surface area (Å²) >= 11 is 2.02. The quantitative estimate of drug-likeness (QED) is 0.567. The second-order valence-electron chi connectivity index (χ2n) is 4.10. The molecule has 4 N–H and O–H groups in total. The lowest BCUT2D eigenvalue weighted by molar-refractivity contribution is 0.819. The predicted octanol–water partition coefficient (Wildman–Crippen LogP) is 2.67. The van der Waals surface area contributed by atoms with Gasteiger partial charge in [-0.15, -0.1) is 0 Å². The smallest absolute Gasteiger partial charge is 0.0314 e. The summed E-state index contributed by atoms with van der Waals surface area (Å²) in [5.41, 5.74) is 13.4. The normalized spacial score (nSPS) is 12.6. The minimum absolute atomic E-state index is 0.691. The molecule has 1 aromatic rings. The molecule has 0 saturated carbocycles. The Bertz CT molecular complexity index is 284. The second kappa shape index (κ2) is 7.58. The third-order valence-corrected chi connectivity index (χ3v) is 3.89. The number of nitrogens with two attached hydrogens (primary N) is 2. The molecule has 0 radical (unpaired) electrons. The van der Waals surface area contributed by atoms with Crippen molar-refractivity contribution in [2.45, 2.75) is 31.4 Å². The fourth-order valence-electron chi connectivity index (χ4n) is 1.56. The first-order valence-corrected chi connectivity index (χ1v) is 6.93. The summed E-state index contributed by atoms with van der Waals surface area (Å²) in [7, 11) is 0. The minimum atomic E-state index is 0.691. The number of thioether (sulfide) groups is 1. The van der Waals surface area contributed by atoms with E-state index >= 15 is 0 Å². The molecule has 0 amide bonds. The van der Waals surface area contributed by atoms with Crippen molar-refractivity contribution >= 4 is 17.4 Å². The Morgan fingerprint density at radius 2 is 1.94 bits per heavy atom. The summed E-state index contributed by atoms with van der Waals surface area (Å²) in [6, 6.07) is 8.17. The van der Waals surface area contributed by atoms with E-state index in [1.54, 1.807) is 0 Å². The molecular formula is C13H22N2S. The van der Waals surface area contributed by atoms with E-state index in [2.05, 4.69) is 19.1 Å². The van der Waals surface area contributed by atoms with Gasteiger partial charge in [0.15, 0.2) is 0 Å². The van der Waals surface area contributed by atoms with Gasteiger partial charge in [0, 0.05) is 10.9 Å². The SMILES string of the molecule is CC(CCN)SCCCc1ccc(N)cc1. The predicted molar refractivity (Wildman–Crippen MR) is 74.8 cm³/mol. The Morgan fingerprint density at radius 1 is 1.25 bits per heavy atom. The Kier molecular flexibility index (Phi) is 6.34. The van der Waals surface area contributed by atoms with Gasteiger partial charge in [0.05, 0.1) is 0 Å². The molecule has 1 aromatic carbocycles. The molecule has 0 bridgehead atoms. The number of hydrogen-bond donors (Lipinski definition) is 2. The summed E-state index contributed by atoms with van der Waals surface area (Å²) in [6.45, 7) is 3.05. The van der Waals surface area contributed by atoms with Gasteiger partial charge in [-0.05, 0) is 49.3 Å². The molecule has 0 spiro atoms. The summed E-state index contributed by atoms with van der Waals surface area (Å²) in [5, 5.41) is 0.691. The number of benzene rings is 1. The van der Waals surface area contributed by atoms with Crippen LogP contribution >= 0.6 is 11.8 Å². The number of anilines is 1. The van der Waals surface area contributed by atoms with Crippen LogP contribution in [0.1, 0.15) is 25.3 Å². The molecule has 1 rings (SSSR count). The van der Waals surface area contributed by atoms with E-state index in [1.807, 2.05) is 23.9 Å². The molecule has 1 unspecified atom stereocenters. The van der Waals surface area contributed by atoms with Crippen LogP contribution in [0.25, 0.3) is 0 Å². The molecule has 2 nitrogen and oxygen atoms in total. The van der Waals surface area contributed by atoms with Crippen LogP contribution in [0, 0.1) is 0 Å². The van der Waals surface area contributed by atoms with Gasteiger partial charge in [-0.1, -0.05) is 19.1 Å². The Hall–Kier alpha value is -0.670. The molecule has 0 aliphatic rings. The van der Waals surface area contributed by atoms with E-state index in [0.29, 0.717) is 5.25 Å². The topological polar surface area (TPSA) is 52.0 Å². The van der Waals surface area contributed by atoms with Crippen molar-refractivity contribution in [2.75, 3.05) is 18.0 Å². The number of hydrogen-bond acceptors (Lipinski definition) is 3. The average Bonchev–Trinajstić information content (AvgIpc) is 2.27. The van der Waals surface area contributed by atoms with Gasteiger partial charge < -0.3 is 11.5 Å². The van der Waals surface area contributed by atoms with E-state index in [9.17, 15) is 0 Å². The fraction of sp³-hybridized carbons (Fsp3) is 0.538. The zero-order chi connectivity index (χ0) is 11.8. The summed E-state index contributed by atoms with van der Waals surface area (Å²) in [5.74, 6) is 1.21. The molecule has 90 valence electrons. The maximum Gasteiger partial charge on any atom is 0.0314 e. The van der Waals surface area contributed by atoms with Crippen LogP contribution < -0.4 is 11.5 Å². The largest absolute Gasteiger partial charge is 0.399 e. The highest BCUT2D eigenvalue weighted by molar-refractivity contribution is 7.99. The lowest BCUT2D eigenvalue weighted by Crippen LogP contribution is -2.07. The van der Waals surface area contributed by atoms with Crippen LogP contribution in [0.2, 0.25) is 0 Å². The van der Waals surface area contributed by atoms with E-state index < -0.39 is 0 Å². The van der Waals surface area contributed by atoms with Gasteiger partial charge >= 0.3 is 0 Å². The van der Waals surface area contributed by atoms with Crippen LogP contribution in [0.3, 0.4) is 0 Å². The van der Waals surface area contributed by atoms with Crippen LogP contribution in [-0.2, 0) is 6.42 Å². The van der Waals surface area contributed by atoms with E-state index in [-0.39, 0.29) is 0 Å². The third kappa shape index (κ3) is 5.42. The fourth-order valence-corrected chi connectivity index (χ4v) is 2.58. The lowest BCUT2D eigenvalue weighted by atomic mass is 10.1. The molecule has 16 heavy (non-hydrogen) atoms. The number of nitrogen functional groups attached to an aromatic ring is 1. The molecule has 1 atom stereocenters. The number of rotatable bonds is 7. The highest BCUT2D eigenvalue weighted by Crippen LogP contribution is 2.16. The average molecular weight is 238 g/mol. The Morgan fingerprint density at radius 3 is 2.56 bits per heavy atom. The summed E-state index contributed by atoms with van der Waals surface area (Å²) in [4.78, 5) is 0. The maximum absolute atomic E-state index is 5.64. The number of aryl methyl sites for hydroxylation is 1. The second-order valence-corrected chi connectivity index (χ2v) is 5.65. The van der Waals surface area contributed by atoms with Crippen LogP contribution in [0.15, 0.2) is 24.3 Å². The molecular weight excluding hydrogens is 216 g/mol. The van der Waals surface area contributed by atoms with Gasteiger partial charge in [0.1, 0.15) is 0 Å². The van der Waals surface area contributed by atoms with Crippen LogP contribution in [-0.4, -0.2) is 17.5 Å². The Balaban J connectivity index is 2.13. The monoisotopic (exact) mass is 238 g/mol. The zero-order valence-corrected chi connectivity index (χ0v) is 10.8. The van der Waals surface area contributed by atoms with Crippen molar-refractivity contribution in [3.63, 3.8) is 0 Å². The van der Waals surface area contributed by atoms with Gasteiger partial charge in [-0.3, -0.25) is 0 Å². The molecule has 0 fully saturated rings. The van der Waals surface area contributed by atoms with Gasteiger partial charge in [-0.2, -0.15) is 11.8 Å². The van der Waals surface area contributed by atoms with E-state index in [0.717, 1.165) is 25.1 Å². The van der Waals surface area contributed by atoms with Crippen molar-refractivity contribution < 1.29 is 0 Å². The van der Waals surface area contributed by atoms with Crippen molar-refractivity contribution in [3.8, 4) is 0 Å². The third-order valence-electron chi connectivity index (χ3n) is 2.57. The molecule has 0 aliphatic carbocycles. The van der Waals surface area contributed by atoms with E-state index in [1.165, 1.54) is 17.7 Å². The standard InChI is InChI=1S/C13H22N2S/c1-11(8-9-14)16-10-2-3-12-4-6-13(15)7-5-12/h4-7,11H,2-3,8-10,14-15H2,1H3. The summed E-state index contributed by atoms with van der Waals surface area (Å²) < 4.78 is 0. The van der Waals surface area contributed by atoms with Crippen LogP contribution in [0.5, 0.6) is 0 Å². The maximum atomic E-state index is 5.64.